The summed E-state index contributed by atoms with van der Waals surface area (Å²) in [4.78, 5) is 41.7. The fourth-order valence-electron chi connectivity index (χ4n) is 3.76. The average molecular weight is 546 g/mol. The number of rotatable bonds is 12. The van der Waals surface area contributed by atoms with E-state index in [-0.39, 0.29) is 12.3 Å². The highest BCUT2D eigenvalue weighted by Crippen LogP contribution is 2.27. The van der Waals surface area contributed by atoms with E-state index in [1.165, 1.54) is 17.0 Å². The number of alkyl carbamates (subject to hydrolysis) is 1. The van der Waals surface area contributed by atoms with Crippen LogP contribution in [0.15, 0.2) is 48.5 Å². The maximum Gasteiger partial charge on any atom is 0.408 e. The zero-order valence-electron chi connectivity index (χ0n) is 22.9. The standard InChI is InChI=1S/C28H39N3O6S/c1-7-17-31(26(34)23(16-18-38-6)30-27(35)37-28(2,3)4)24(19-8-12-21(32)13-9-19)25(33)29-20-10-14-22(36-5)15-11-20/h8-15,23-24,32H,7,16-18H2,1-6H3,(H,29,33)(H,30,35). The smallest absolute Gasteiger partial charge is 0.408 e. The van der Waals surface area contributed by atoms with Gasteiger partial charge in [-0.05, 0) is 87.6 Å². The van der Waals surface area contributed by atoms with Gasteiger partial charge in [-0.15, -0.1) is 0 Å². The highest BCUT2D eigenvalue weighted by Gasteiger charge is 2.36. The summed E-state index contributed by atoms with van der Waals surface area (Å²) < 4.78 is 10.6. The molecular weight excluding hydrogens is 506 g/mol. The number of aromatic hydroxyl groups is 1. The van der Waals surface area contributed by atoms with Crippen LogP contribution in [0.25, 0.3) is 0 Å². The molecule has 2 rings (SSSR count). The van der Waals surface area contributed by atoms with Gasteiger partial charge in [0.1, 0.15) is 29.2 Å². The number of benzene rings is 2. The van der Waals surface area contributed by atoms with Crippen molar-refractivity contribution in [2.24, 2.45) is 0 Å². The molecule has 0 saturated heterocycles. The van der Waals surface area contributed by atoms with Crippen molar-refractivity contribution < 1.29 is 29.0 Å². The molecular formula is C28H39N3O6S. The van der Waals surface area contributed by atoms with Gasteiger partial charge in [0.2, 0.25) is 5.91 Å². The van der Waals surface area contributed by atoms with Crippen LogP contribution in [-0.4, -0.2) is 65.2 Å². The Kier molecular flexibility index (Phi) is 11.8. The third-order valence-corrected chi connectivity index (χ3v) is 6.12. The molecule has 208 valence electrons. The van der Waals surface area contributed by atoms with Crippen molar-refractivity contribution in [2.75, 3.05) is 31.0 Å². The van der Waals surface area contributed by atoms with Crippen LogP contribution in [0, 0.1) is 0 Å². The van der Waals surface area contributed by atoms with Crippen LogP contribution < -0.4 is 15.4 Å². The van der Waals surface area contributed by atoms with E-state index in [2.05, 4.69) is 10.6 Å². The minimum atomic E-state index is -1.01. The van der Waals surface area contributed by atoms with Crippen LogP contribution in [0.1, 0.15) is 52.1 Å². The normalized spacial score (nSPS) is 12.7. The van der Waals surface area contributed by atoms with Crippen LogP contribution in [0.2, 0.25) is 0 Å². The van der Waals surface area contributed by atoms with Crippen molar-refractivity contribution in [3.8, 4) is 11.5 Å². The summed E-state index contributed by atoms with van der Waals surface area (Å²) in [7, 11) is 1.56. The van der Waals surface area contributed by atoms with Crippen molar-refractivity contribution in [3.63, 3.8) is 0 Å². The average Bonchev–Trinajstić information content (AvgIpc) is 2.86. The van der Waals surface area contributed by atoms with Gasteiger partial charge in [0, 0.05) is 12.2 Å². The number of carbonyl (C=O) groups is 3. The van der Waals surface area contributed by atoms with E-state index in [4.69, 9.17) is 9.47 Å². The second-order valence-corrected chi connectivity index (χ2v) is 10.7. The molecule has 10 heteroatoms. The molecule has 0 heterocycles. The molecule has 0 radical (unpaired) electrons. The summed E-state index contributed by atoms with van der Waals surface area (Å²) in [6.45, 7) is 7.43. The number of methoxy groups -OCH3 is 1. The number of hydrogen-bond donors (Lipinski definition) is 3. The lowest BCUT2D eigenvalue weighted by Crippen LogP contribution is -2.52. The first kappa shape index (κ1) is 30.8. The summed E-state index contributed by atoms with van der Waals surface area (Å²) in [6, 6.07) is 11.1. The van der Waals surface area contributed by atoms with E-state index in [0.717, 1.165) is 0 Å². The van der Waals surface area contributed by atoms with Gasteiger partial charge in [-0.3, -0.25) is 9.59 Å². The Morgan fingerprint density at radius 2 is 1.68 bits per heavy atom. The lowest BCUT2D eigenvalue weighted by molar-refractivity contribution is -0.140. The number of phenolic OH excluding ortho intramolecular Hbond substituents is 1. The number of amides is 3. The molecule has 0 saturated carbocycles. The van der Waals surface area contributed by atoms with Crippen molar-refractivity contribution in [1.82, 2.24) is 10.2 Å². The molecule has 0 aliphatic carbocycles. The van der Waals surface area contributed by atoms with E-state index in [1.54, 1.807) is 76.0 Å². The number of nitrogens with zero attached hydrogens (tertiary/aromatic N) is 1. The zero-order chi connectivity index (χ0) is 28.3. The molecule has 0 aromatic heterocycles. The van der Waals surface area contributed by atoms with Gasteiger partial charge >= 0.3 is 6.09 Å². The Hall–Kier alpha value is -3.40. The quantitative estimate of drug-likeness (QED) is 0.345. The Balaban J connectivity index is 2.44. The molecule has 2 unspecified atom stereocenters. The van der Waals surface area contributed by atoms with E-state index in [0.29, 0.717) is 35.6 Å². The second-order valence-electron chi connectivity index (χ2n) is 9.72. The number of anilines is 1. The molecule has 2 aromatic rings. The van der Waals surface area contributed by atoms with Crippen LogP contribution >= 0.6 is 11.8 Å². The van der Waals surface area contributed by atoms with E-state index >= 15 is 0 Å². The number of phenols is 1. The van der Waals surface area contributed by atoms with E-state index in [9.17, 15) is 19.5 Å². The minimum absolute atomic E-state index is 0.0425. The van der Waals surface area contributed by atoms with Gasteiger partial charge in [0.05, 0.1) is 7.11 Å². The lowest BCUT2D eigenvalue weighted by Gasteiger charge is -2.34. The van der Waals surface area contributed by atoms with Crippen LogP contribution in [0.3, 0.4) is 0 Å². The molecule has 2 aromatic carbocycles. The van der Waals surface area contributed by atoms with Crippen molar-refractivity contribution in [3.05, 3.63) is 54.1 Å². The predicted octanol–water partition coefficient (Wildman–Crippen LogP) is 4.97. The van der Waals surface area contributed by atoms with Gasteiger partial charge in [-0.2, -0.15) is 11.8 Å². The van der Waals surface area contributed by atoms with Crippen molar-refractivity contribution in [2.45, 2.75) is 58.2 Å². The van der Waals surface area contributed by atoms with Gasteiger partial charge in [0.25, 0.3) is 5.91 Å². The fraction of sp³-hybridized carbons (Fsp3) is 0.464. The Morgan fingerprint density at radius 3 is 2.21 bits per heavy atom. The van der Waals surface area contributed by atoms with Crippen LogP contribution in [0.4, 0.5) is 10.5 Å². The SMILES string of the molecule is CCCN(C(=O)C(CCSC)NC(=O)OC(C)(C)C)C(C(=O)Nc1ccc(OC)cc1)c1ccc(O)cc1. The lowest BCUT2D eigenvalue weighted by atomic mass is 10.0. The molecule has 3 N–H and O–H groups in total. The molecule has 0 bridgehead atoms. The van der Waals surface area contributed by atoms with E-state index in [1.807, 2.05) is 13.2 Å². The van der Waals surface area contributed by atoms with Gasteiger partial charge < -0.3 is 30.1 Å². The summed E-state index contributed by atoms with van der Waals surface area (Å²) in [6.07, 6.45) is 2.16. The van der Waals surface area contributed by atoms with Gasteiger partial charge in [-0.1, -0.05) is 19.1 Å². The molecule has 0 aliphatic rings. The maximum atomic E-state index is 14.0. The minimum Gasteiger partial charge on any atom is -0.508 e. The fourth-order valence-corrected chi connectivity index (χ4v) is 4.24. The predicted molar refractivity (Wildman–Crippen MR) is 151 cm³/mol. The highest BCUT2D eigenvalue weighted by molar-refractivity contribution is 7.98. The number of hydrogen-bond acceptors (Lipinski definition) is 7. The summed E-state index contributed by atoms with van der Waals surface area (Å²) >= 11 is 1.55. The van der Waals surface area contributed by atoms with Gasteiger partial charge in [-0.25, -0.2) is 4.79 Å². The summed E-state index contributed by atoms with van der Waals surface area (Å²) in [5.74, 6) is 0.485. The zero-order valence-corrected chi connectivity index (χ0v) is 23.8. The van der Waals surface area contributed by atoms with E-state index < -0.39 is 35.6 Å². The number of thioether (sulfide) groups is 1. The maximum absolute atomic E-state index is 14.0. The first-order chi connectivity index (χ1) is 18.0. The number of nitrogens with one attached hydrogen (secondary N) is 2. The van der Waals surface area contributed by atoms with Crippen LogP contribution in [-0.2, 0) is 14.3 Å². The summed E-state index contributed by atoms with van der Waals surface area (Å²) in [5.41, 5.74) is 0.332. The third-order valence-electron chi connectivity index (χ3n) is 5.47. The number of carbonyl (C=O) groups excluding carboxylic acids is 3. The summed E-state index contributed by atoms with van der Waals surface area (Å²) in [5, 5.41) is 15.4. The molecule has 0 fully saturated rings. The Labute approximate surface area is 229 Å². The van der Waals surface area contributed by atoms with Crippen LogP contribution in [0.5, 0.6) is 11.5 Å². The Morgan fingerprint density at radius 1 is 1.05 bits per heavy atom. The molecule has 2 atom stereocenters. The van der Waals surface area contributed by atoms with Crippen molar-refractivity contribution >= 4 is 35.4 Å². The Bertz CT molecular complexity index is 1050. The molecule has 0 aliphatic heterocycles. The second kappa shape index (κ2) is 14.5. The molecule has 0 spiro atoms. The van der Waals surface area contributed by atoms with Crippen molar-refractivity contribution in [1.29, 1.82) is 0 Å². The topological polar surface area (TPSA) is 117 Å². The monoisotopic (exact) mass is 545 g/mol. The molecule has 38 heavy (non-hydrogen) atoms. The first-order valence-corrected chi connectivity index (χ1v) is 13.9. The highest BCUT2D eigenvalue weighted by atomic mass is 32.2. The first-order valence-electron chi connectivity index (χ1n) is 12.5. The molecule has 9 nitrogen and oxygen atoms in total. The molecule has 3 amide bonds. The number of ether oxygens (including phenoxy) is 2. The largest absolute Gasteiger partial charge is 0.508 e. The third kappa shape index (κ3) is 9.48. The van der Waals surface area contributed by atoms with Gasteiger partial charge in [0.15, 0.2) is 0 Å².